The first-order valence-corrected chi connectivity index (χ1v) is 17.6. The van der Waals surface area contributed by atoms with Crippen LogP contribution >= 0.6 is 0 Å². The Morgan fingerprint density at radius 2 is 1.25 bits per heavy atom. The second-order valence-electron chi connectivity index (χ2n) is 16.8. The highest BCUT2D eigenvalue weighted by atomic mass is 16.6. The van der Waals surface area contributed by atoms with Crippen molar-refractivity contribution in [2.24, 2.45) is 17.8 Å². The highest BCUT2D eigenvalue weighted by Gasteiger charge is 2.60. The lowest BCUT2D eigenvalue weighted by atomic mass is 10.1. The van der Waals surface area contributed by atoms with Gasteiger partial charge in [-0.2, -0.15) is 4.90 Å². The predicted octanol–water partition coefficient (Wildman–Crippen LogP) is 6.61. The molecule has 1 aliphatic carbocycles. The van der Waals surface area contributed by atoms with Gasteiger partial charge >= 0.3 is 18.3 Å². The third kappa shape index (κ3) is 9.43. The van der Waals surface area contributed by atoms with Crippen LogP contribution in [0.1, 0.15) is 67.9 Å². The van der Waals surface area contributed by atoms with Gasteiger partial charge in [0.15, 0.2) is 5.69 Å². The fourth-order valence-electron chi connectivity index (χ4n) is 6.09. The van der Waals surface area contributed by atoms with Gasteiger partial charge in [0.25, 0.3) is 5.89 Å². The van der Waals surface area contributed by atoms with Crippen LogP contribution in [0.15, 0.2) is 40.8 Å². The van der Waals surface area contributed by atoms with E-state index in [-0.39, 0.29) is 46.8 Å². The molecule has 286 valence electrons. The van der Waals surface area contributed by atoms with E-state index in [0.717, 1.165) is 10.5 Å². The summed E-state index contributed by atoms with van der Waals surface area (Å²) in [4.78, 5) is 63.3. The Balaban J connectivity index is 1.48. The van der Waals surface area contributed by atoms with Crippen LogP contribution in [-0.4, -0.2) is 100 Å². The van der Waals surface area contributed by atoms with Crippen molar-refractivity contribution in [2.75, 3.05) is 44.0 Å². The zero-order chi connectivity index (χ0) is 39.2. The maximum absolute atomic E-state index is 13.7. The van der Waals surface area contributed by atoms with Crippen LogP contribution in [0.5, 0.6) is 0 Å². The Morgan fingerprint density at radius 3 is 1.75 bits per heavy atom. The second-order valence-corrected chi connectivity index (χ2v) is 16.8. The molecule has 1 saturated heterocycles. The molecule has 3 aromatic rings. The summed E-state index contributed by atoms with van der Waals surface area (Å²) in [5.41, 5.74) is -0.950. The van der Waals surface area contributed by atoms with Crippen LogP contribution in [-0.2, 0) is 25.5 Å². The molecule has 3 atom stereocenters. The molecular weight excluding hydrogens is 682 g/mol. The van der Waals surface area contributed by atoms with Crippen molar-refractivity contribution in [2.45, 2.75) is 85.7 Å². The van der Waals surface area contributed by atoms with Crippen molar-refractivity contribution in [1.82, 2.24) is 25.0 Å². The number of hydrogen-bond donors (Lipinski definition) is 0. The SMILES string of the molecule is CN(C)C(=O)C1[C@H]2CN(c3ccc(N(C(=O)OC(C)(C)C)C(=O)OC(C)(C)C)c(-c4nnc(-c5ccc(CN(C)C(=O)OC(C)(C)C)cc5)o4)n3)C[C@@H]12. The number of anilines is 2. The number of piperidine rings is 1. The van der Waals surface area contributed by atoms with Crippen molar-refractivity contribution >= 4 is 35.7 Å². The van der Waals surface area contributed by atoms with E-state index in [4.69, 9.17) is 23.6 Å². The number of aromatic nitrogens is 3. The van der Waals surface area contributed by atoms with Crippen molar-refractivity contribution < 1.29 is 37.8 Å². The van der Waals surface area contributed by atoms with E-state index in [1.54, 1.807) is 91.9 Å². The smallest absolute Gasteiger partial charge is 0.424 e. The summed E-state index contributed by atoms with van der Waals surface area (Å²) in [5.74, 6) is 1.19. The average Bonchev–Trinajstić information content (AvgIpc) is 3.33. The molecule has 53 heavy (non-hydrogen) atoms. The first kappa shape index (κ1) is 39.0. The number of benzene rings is 1. The molecule has 1 aromatic carbocycles. The minimum atomic E-state index is -0.971. The van der Waals surface area contributed by atoms with E-state index >= 15 is 0 Å². The largest absolute Gasteiger partial charge is 0.444 e. The van der Waals surface area contributed by atoms with Crippen LogP contribution in [0.3, 0.4) is 0 Å². The molecule has 2 aliphatic rings. The summed E-state index contributed by atoms with van der Waals surface area (Å²) in [6.45, 7) is 17.1. The van der Waals surface area contributed by atoms with Gasteiger partial charge in [0.1, 0.15) is 22.6 Å². The molecule has 15 nitrogen and oxygen atoms in total. The molecule has 15 heteroatoms. The summed E-state index contributed by atoms with van der Waals surface area (Å²) in [6, 6.07) is 10.5. The van der Waals surface area contributed by atoms with Gasteiger partial charge in [0.2, 0.25) is 11.8 Å². The lowest BCUT2D eigenvalue weighted by Crippen LogP contribution is -2.44. The minimum Gasteiger partial charge on any atom is -0.444 e. The van der Waals surface area contributed by atoms with Gasteiger partial charge in [-0.3, -0.25) is 4.79 Å². The molecule has 1 saturated carbocycles. The quantitative estimate of drug-likeness (QED) is 0.239. The number of imide groups is 1. The molecule has 0 N–H and O–H groups in total. The normalized spacial score (nSPS) is 18.2. The van der Waals surface area contributed by atoms with Crippen LogP contribution in [0, 0.1) is 17.8 Å². The molecule has 1 unspecified atom stereocenters. The number of hydrogen-bond acceptors (Lipinski definition) is 12. The predicted molar refractivity (Wildman–Crippen MR) is 197 cm³/mol. The van der Waals surface area contributed by atoms with Crippen molar-refractivity contribution in [3.8, 4) is 23.0 Å². The maximum atomic E-state index is 13.7. The van der Waals surface area contributed by atoms with E-state index in [1.807, 2.05) is 32.9 Å². The average molecular weight is 734 g/mol. The standard InChI is InChI=1S/C38H51N7O8/c1-36(2,3)51-33(47)43(12)19-22-13-15-23(16-14-22)30-40-41-31(50-30)29-26(45(34(48)52-37(4,5)6)35(49)53-38(7,8)9)17-18-27(39-29)44-20-24-25(21-44)28(24)32(46)42(10)11/h13-18,24-25,28H,19-21H2,1-12H3/t24-,25+,28?. The first-order valence-electron chi connectivity index (χ1n) is 17.6. The van der Waals surface area contributed by atoms with Crippen molar-refractivity contribution in [3.05, 3.63) is 42.0 Å². The number of carbonyl (C=O) groups is 4. The highest BCUT2D eigenvalue weighted by molar-refractivity contribution is 6.11. The highest BCUT2D eigenvalue weighted by Crippen LogP contribution is 2.53. The van der Waals surface area contributed by atoms with Gasteiger partial charge in [0, 0.05) is 52.3 Å². The van der Waals surface area contributed by atoms with Gasteiger partial charge in [-0.05, 0) is 104 Å². The van der Waals surface area contributed by atoms with Crippen LogP contribution in [0.2, 0.25) is 0 Å². The lowest BCUT2D eigenvalue weighted by Gasteiger charge is -2.29. The first-order chi connectivity index (χ1) is 24.5. The number of ether oxygens (including phenoxy) is 3. The Morgan fingerprint density at radius 1 is 0.736 bits per heavy atom. The van der Waals surface area contributed by atoms with E-state index < -0.39 is 35.1 Å². The van der Waals surface area contributed by atoms with Gasteiger partial charge in [-0.15, -0.1) is 10.2 Å². The lowest BCUT2D eigenvalue weighted by molar-refractivity contribution is -0.130. The van der Waals surface area contributed by atoms with Gasteiger partial charge < -0.3 is 33.3 Å². The van der Waals surface area contributed by atoms with E-state index in [2.05, 4.69) is 15.1 Å². The van der Waals surface area contributed by atoms with Gasteiger partial charge in [0.05, 0.1) is 5.69 Å². The van der Waals surface area contributed by atoms with Gasteiger partial charge in [-0.1, -0.05) is 12.1 Å². The van der Waals surface area contributed by atoms with Crippen molar-refractivity contribution in [3.63, 3.8) is 0 Å². The monoisotopic (exact) mass is 733 g/mol. The third-order valence-corrected chi connectivity index (χ3v) is 8.45. The molecule has 2 fully saturated rings. The zero-order valence-corrected chi connectivity index (χ0v) is 32.7. The molecule has 3 heterocycles. The summed E-state index contributed by atoms with van der Waals surface area (Å²) in [7, 11) is 5.19. The number of pyridine rings is 1. The third-order valence-electron chi connectivity index (χ3n) is 8.45. The minimum absolute atomic E-state index is 0.0163. The molecule has 2 aromatic heterocycles. The fraction of sp³-hybridized carbons (Fsp3) is 0.553. The molecule has 5 rings (SSSR count). The maximum Gasteiger partial charge on any atom is 0.424 e. The van der Waals surface area contributed by atoms with E-state index in [1.165, 1.54) is 4.90 Å². The molecule has 1 aliphatic heterocycles. The number of rotatable bonds is 7. The molecule has 4 amide bonds. The number of carbonyl (C=O) groups excluding carboxylic acids is 4. The summed E-state index contributed by atoms with van der Waals surface area (Å²) in [5, 5.41) is 8.57. The van der Waals surface area contributed by atoms with Crippen LogP contribution in [0.25, 0.3) is 23.0 Å². The van der Waals surface area contributed by atoms with E-state index in [0.29, 0.717) is 31.0 Å². The summed E-state index contributed by atoms with van der Waals surface area (Å²) in [6.07, 6.45) is -2.38. The van der Waals surface area contributed by atoms with Crippen molar-refractivity contribution in [1.29, 1.82) is 0 Å². The van der Waals surface area contributed by atoms with Crippen LogP contribution < -0.4 is 9.80 Å². The second kappa shape index (κ2) is 14.3. The Labute approximate surface area is 310 Å². The zero-order valence-electron chi connectivity index (χ0n) is 32.7. The molecule has 0 bridgehead atoms. The topological polar surface area (TPSA) is 161 Å². The fourth-order valence-corrected chi connectivity index (χ4v) is 6.09. The molecule has 0 spiro atoms. The number of nitrogens with zero attached hydrogens (tertiary/aromatic N) is 7. The number of fused-ring (bicyclic) bond motifs is 1. The molecular formula is C38H51N7O8. The summed E-state index contributed by atoms with van der Waals surface area (Å²) >= 11 is 0. The van der Waals surface area contributed by atoms with E-state index in [9.17, 15) is 19.2 Å². The summed E-state index contributed by atoms with van der Waals surface area (Å²) < 4.78 is 22.9. The Hall–Kier alpha value is -5.21. The van der Waals surface area contributed by atoms with Gasteiger partial charge in [-0.25, -0.2) is 19.4 Å². The molecule has 0 radical (unpaired) electrons. The Kier molecular flexibility index (Phi) is 10.5. The van der Waals surface area contributed by atoms with Crippen LogP contribution in [0.4, 0.5) is 25.9 Å². The number of amides is 4. The Bertz CT molecular complexity index is 1810.